The van der Waals surface area contributed by atoms with Crippen LogP contribution in [-0.4, -0.2) is 331 Å². The molecule has 0 radical (unpaired) electrons. The Morgan fingerprint density at radius 2 is 0.784 bits per heavy atom. The quantitative estimate of drug-likeness (QED) is 0.0252. The second-order valence-corrected chi connectivity index (χ2v) is 39.2. The SMILES string of the molecule is CC(C)C[C@H](NC(=O)[C@H](C)NC(=O)[C@H](CC(C)C)NC(=O)[C@H](C)NC(=O)[C@@H]1CCCN1C(=O)[C@@H]1CCCN1C(=O)[C@@H]1CCCN1C(=O)CNC(=O)[C@H](CC(C)C)NC(=O)[C@H](CC(C)C)NC(=O)[C@H](Cc1ccc(O)cc1)NC(=O)CNC(=O)[C@H](C)NC(=O)[C@H](CO)NC(=O)[C@H](CC(N)=O)NC(=O)[C@H](CC(C)C)NC(=O)[C@@H](NC(=O)[C@H](Cc1c[nH]c2ccccc12)NC(=O)CN)[C@@H](C)O)C(=O)N[C@@H](C)C(N)=O.O=C(O)C(F)(F)F. The number of H-pyrrole nitrogens is 1. The molecule has 3 fully saturated rings. The Labute approximate surface area is 854 Å². The van der Waals surface area contributed by atoms with Gasteiger partial charge in [0.25, 0.3) is 0 Å². The summed E-state index contributed by atoms with van der Waals surface area (Å²) in [5.41, 5.74) is 18.1. The third-order valence-electron chi connectivity index (χ3n) is 24.2. The summed E-state index contributed by atoms with van der Waals surface area (Å²) < 4.78 is 31.7. The van der Waals surface area contributed by atoms with Crippen LogP contribution in [0.5, 0.6) is 5.75 Å². The van der Waals surface area contributed by atoms with Crippen molar-refractivity contribution in [3.63, 3.8) is 0 Å². The molecule has 0 bridgehead atoms. The van der Waals surface area contributed by atoms with Gasteiger partial charge >= 0.3 is 12.1 Å². The van der Waals surface area contributed by atoms with Crippen molar-refractivity contribution in [1.82, 2.24) is 105 Å². The van der Waals surface area contributed by atoms with Gasteiger partial charge < -0.3 is 142 Å². The van der Waals surface area contributed by atoms with Crippen molar-refractivity contribution < 1.29 is 139 Å². The average molecular weight is 2100 g/mol. The van der Waals surface area contributed by atoms with Gasteiger partial charge in [-0.25, -0.2) is 4.79 Å². The first-order valence-electron chi connectivity index (χ1n) is 49.1. The highest BCUT2D eigenvalue weighted by Gasteiger charge is 2.48. The Morgan fingerprint density at radius 3 is 1.25 bits per heavy atom. The minimum atomic E-state index is -5.08. The molecule has 27 N–H and O–H groups in total. The fraction of sp³-hybridized carbons (Fsp3) is 0.625. The van der Waals surface area contributed by atoms with Crippen LogP contribution in [0, 0.1) is 29.6 Å². The van der Waals surface area contributed by atoms with E-state index < -0.39 is 278 Å². The molecule has 18 atom stereocenters. The number of aliphatic carboxylic acids is 1. The molecule has 0 saturated carbocycles. The summed E-state index contributed by atoms with van der Waals surface area (Å²) in [6, 6.07) is -10.4. The second-order valence-electron chi connectivity index (χ2n) is 39.2. The van der Waals surface area contributed by atoms with Crippen LogP contribution >= 0.6 is 0 Å². The normalized spacial score (nSPS) is 17.5. The average Bonchev–Trinajstić information content (AvgIpc) is 1.64. The van der Waals surface area contributed by atoms with Gasteiger partial charge in [-0.15, -0.1) is 0 Å². The number of para-hydroxylation sites is 1. The number of hydrogen-bond donors (Lipinski definition) is 24. The number of carboxylic acid groups (broad SMARTS) is 1. The monoisotopic (exact) mass is 2090 g/mol. The van der Waals surface area contributed by atoms with Crippen LogP contribution in [0.3, 0.4) is 0 Å². The van der Waals surface area contributed by atoms with E-state index in [1.54, 1.807) is 85.9 Å². The Kier molecular flexibility index (Phi) is 49.5. The first kappa shape index (κ1) is 124. The lowest BCUT2D eigenvalue weighted by Crippen LogP contribution is -2.62. The van der Waals surface area contributed by atoms with E-state index in [9.17, 15) is 129 Å². The fourth-order valence-electron chi connectivity index (χ4n) is 16.6. The van der Waals surface area contributed by atoms with E-state index in [0.29, 0.717) is 30.4 Å². The summed E-state index contributed by atoms with van der Waals surface area (Å²) in [7, 11) is 0. The molecule has 3 aliphatic heterocycles. The molecule has 0 aliphatic carbocycles. The largest absolute Gasteiger partial charge is 0.508 e. The Hall–Kier alpha value is -14.2. The van der Waals surface area contributed by atoms with Crippen LogP contribution in [0.4, 0.5) is 13.2 Å². The third-order valence-corrected chi connectivity index (χ3v) is 24.2. The predicted octanol–water partition coefficient (Wildman–Crippen LogP) is -4.71. The fourth-order valence-corrected chi connectivity index (χ4v) is 16.6. The van der Waals surface area contributed by atoms with Gasteiger partial charge in [0.15, 0.2) is 0 Å². The predicted molar refractivity (Wildman–Crippen MR) is 526 cm³/mol. The Bertz CT molecular complexity index is 5180. The topological polar surface area (TPSA) is 753 Å². The molecule has 52 heteroatoms. The number of aromatic amines is 1. The van der Waals surface area contributed by atoms with Crippen LogP contribution in [0.1, 0.15) is 192 Å². The number of aromatic nitrogens is 1. The number of rotatable bonds is 54. The molecular weight excluding hydrogens is 1950 g/mol. The van der Waals surface area contributed by atoms with E-state index in [-0.39, 0.29) is 119 Å². The zero-order valence-corrected chi connectivity index (χ0v) is 85.8. The zero-order chi connectivity index (χ0) is 111. The van der Waals surface area contributed by atoms with Gasteiger partial charge in [-0.3, -0.25) is 101 Å². The molecule has 3 saturated heterocycles. The number of alkyl halides is 3. The number of primary amides is 2. The van der Waals surface area contributed by atoms with E-state index in [1.165, 1.54) is 66.7 Å². The number of carboxylic acids is 1. The van der Waals surface area contributed by atoms with Crippen molar-refractivity contribution in [1.29, 1.82) is 0 Å². The molecule has 2 aromatic carbocycles. The highest BCUT2D eigenvalue weighted by atomic mass is 19.4. The van der Waals surface area contributed by atoms with E-state index in [2.05, 4.69) is 90.1 Å². The molecule has 3 aliphatic rings. The van der Waals surface area contributed by atoms with Gasteiger partial charge in [0, 0.05) is 49.6 Å². The summed E-state index contributed by atoms with van der Waals surface area (Å²) in [5, 5.41) is 79.3. The number of phenolic OH excluding ortho intramolecular Hbond substituents is 1. The number of nitrogens with two attached hydrogens (primary N) is 3. The van der Waals surface area contributed by atoms with Crippen molar-refractivity contribution in [3.8, 4) is 5.75 Å². The minimum Gasteiger partial charge on any atom is -0.508 e. The molecule has 6 rings (SSSR count). The standard InChI is InChI=1S/C94H145N23O24.C2HF3O2/c1-46(2)33-61(82(129)100-44-76(124)115-30-19-24-71(115)93(140)117-32-20-25-72(117)94(141)116-31-18-23-70(116)91(138)104-54(14)81(128)108-63(35-48(5)6)84(131)103-53(13)80(127)107-62(34-47(3)4)83(130)101-51(11)78(97)125)109-85(132)64(36-49(7)8)110-87(134)66(38-56-26-28-58(120)29-27-56)106-75(123)43-99-79(126)52(12)102-90(137)69(45-118)113-88(135)68(40-73(96)121)111-86(133)65(37-50(9)10)112-92(139)77(55(15)119)114-89(136)67(105-74(122)41-95)39-57-42-98-60-22-17-16-21-59(57)60;3-2(4,5)1(6)7/h16-17,21-22,26-29,42,46-55,61-72,77,98,118-120H,18-20,23-25,30-41,43-45,95H2,1-15H3,(H2,96,121)(H2,97,125)(H,99,126)(H,100,129)(H,101,130)(H,102,137)(H,103,131)(H,104,138)(H,105,122)(H,106,123)(H,107,127)(H,108,128)(H,109,132)(H,110,134)(H,111,133)(H,112,139)(H,113,135)(H,114,136);(H,6,7)/t51-,52-,53-,54-,55+,61-,62-,63-,64-,65-,66-,67-,68-,69-,70-,71-,72-,77-;/m0./s1. The van der Waals surface area contributed by atoms with Gasteiger partial charge in [-0.2, -0.15) is 13.2 Å². The number of carbonyl (C=O) groups is 22. The maximum absolute atomic E-state index is 14.7. The van der Waals surface area contributed by atoms with Crippen LogP contribution < -0.4 is 102 Å². The maximum atomic E-state index is 14.7. The van der Waals surface area contributed by atoms with E-state index in [1.807, 2.05) is 13.8 Å². The van der Waals surface area contributed by atoms with Crippen LogP contribution in [0.2, 0.25) is 0 Å². The molecule has 0 spiro atoms. The van der Waals surface area contributed by atoms with Crippen LogP contribution in [-0.2, 0) is 118 Å². The molecule has 1 aromatic heterocycles. The van der Waals surface area contributed by atoms with Crippen molar-refractivity contribution in [2.75, 3.05) is 45.9 Å². The van der Waals surface area contributed by atoms with E-state index >= 15 is 0 Å². The van der Waals surface area contributed by atoms with Gasteiger partial charge in [-0.05, 0) is 164 Å². The van der Waals surface area contributed by atoms with Crippen molar-refractivity contribution in [3.05, 3.63) is 65.9 Å². The number of phenols is 1. The lowest BCUT2D eigenvalue weighted by atomic mass is 9.99. The van der Waals surface area contributed by atoms with E-state index in [0.717, 1.165) is 17.8 Å². The first-order valence-corrected chi connectivity index (χ1v) is 49.1. The molecular formula is C96H146F3N23O26. The number of aliphatic hydroxyl groups is 2. The number of aromatic hydroxyl groups is 1. The lowest BCUT2D eigenvalue weighted by Gasteiger charge is -2.34. The maximum Gasteiger partial charge on any atom is 0.490 e. The number of benzene rings is 2. The highest BCUT2D eigenvalue weighted by Crippen LogP contribution is 2.30. The number of carbonyl (C=O) groups excluding carboxylic acids is 21. The van der Waals surface area contributed by atoms with Gasteiger partial charge in [0.05, 0.1) is 38.8 Å². The van der Waals surface area contributed by atoms with Crippen molar-refractivity contribution >= 4 is 141 Å². The zero-order valence-electron chi connectivity index (χ0n) is 85.8. The number of hydrogen-bond acceptors (Lipinski definition) is 26. The molecule has 21 amide bonds. The van der Waals surface area contributed by atoms with Gasteiger partial charge in [0.2, 0.25) is 124 Å². The highest BCUT2D eigenvalue weighted by molar-refractivity contribution is 6.03. The van der Waals surface area contributed by atoms with Crippen LogP contribution in [0.25, 0.3) is 10.9 Å². The van der Waals surface area contributed by atoms with Crippen molar-refractivity contribution in [2.24, 2.45) is 46.8 Å². The summed E-state index contributed by atoms with van der Waals surface area (Å²) in [6.07, 6.45) is -4.36. The first-order chi connectivity index (χ1) is 69.2. The summed E-state index contributed by atoms with van der Waals surface area (Å²) in [4.78, 5) is 305. The molecule has 4 heterocycles. The lowest BCUT2D eigenvalue weighted by molar-refractivity contribution is -0.192. The van der Waals surface area contributed by atoms with Gasteiger partial charge in [-0.1, -0.05) is 99.6 Å². The van der Waals surface area contributed by atoms with Crippen LogP contribution in [0.15, 0.2) is 54.7 Å². The van der Waals surface area contributed by atoms with Gasteiger partial charge in [0.1, 0.15) is 108 Å². The Morgan fingerprint density at radius 1 is 0.412 bits per heavy atom. The number of fused-ring (bicyclic) bond motifs is 1. The molecule has 3 aromatic rings. The summed E-state index contributed by atoms with van der Waals surface area (Å²) in [6.45, 7) is 21.4. The van der Waals surface area contributed by atoms with E-state index in [4.69, 9.17) is 27.1 Å². The smallest absolute Gasteiger partial charge is 0.490 e. The molecule has 0 unspecified atom stereocenters. The second kappa shape index (κ2) is 59.0. The number of likely N-dealkylation sites (tertiary alicyclic amines) is 3. The minimum absolute atomic E-state index is 0.0185. The molecule has 148 heavy (non-hydrogen) atoms. The number of amides is 21. The summed E-state index contributed by atoms with van der Waals surface area (Å²) in [5.74, 6) is -22.0. The Balaban J connectivity index is 0.00000529. The molecule has 822 valence electrons. The third kappa shape index (κ3) is 39.9. The number of aliphatic hydroxyl groups excluding tert-OH is 2. The number of nitrogens with zero attached hydrogens (tertiary/aromatic N) is 3. The van der Waals surface area contributed by atoms with Crippen molar-refractivity contribution in [2.45, 2.75) is 309 Å². The molecule has 49 nitrogen and oxygen atoms in total. The summed E-state index contributed by atoms with van der Waals surface area (Å²) >= 11 is 0. The number of halogens is 3. The number of nitrogens with one attached hydrogen (secondary N) is 17.